The van der Waals surface area contributed by atoms with E-state index in [9.17, 15) is 9.59 Å². The van der Waals surface area contributed by atoms with Crippen LogP contribution in [-0.4, -0.2) is 30.8 Å². The van der Waals surface area contributed by atoms with Crippen molar-refractivity contribution in [1.29, 1.82) is 0 Å². The van der Waals surface area contributed by atoms with Crippen LogP contribution in [0.25, 0.3) is 0 Å². The highest BCUT2D eigenvalue weighted by Crippen LogP contribution is 1.92. The van der Waals surface area contributed by atoms with Crippen molar-refractivity contribution in [1.82, 2.24) is 10.6 Å². The fraction of sp³-hybridized carbons (Fsp3) is 0.778. The van der Waals surface area contributed by atoms with E-state index in [1.165, 1.54) is 0 Å². The number of hydrogen-bond acceptors (Lipinski definition) is 2. The van der Waals surface area contributed by atoms with Crippen molar-refractivity contribution in [3.05, 3.63) is 0 Å². The lowest BCUT2D eigenvalue weighted by atomic mass is 10.2. The van der Waals surface area contributed by atoms with Gasteiger partial charge in [-0.15, -0.1) is 11.6 Å². The van der Waals surface area contributed by atoms with E-state index in [0.29, 0.717) is 19.5 Å². The van der Waals surface area contributed by atoms with Crippen molar-refractivity contribution in [2.75, 3.05) is 19.0 Å². The van der Waals surface area contributed by atoms with Crippen LogP contribution in [-0.2, 0) is 9.59 Å². The van der Waals surface area contributed by atoms with Crippen molar-refractivity contribution < 1.29 is 9.59 Å². The Morgan fingerprint density at radius 3 is 2.21 bits per heavy atom. The minimum atomic E-state index is -0.213. The van der Waals surface area contributed by atoms with Crippen LogP contribution in [0.15, 0.2) is 0 Å². The first-order chi connectivity index (χ1) is 6.70. The molecule has 0 aromatic heterocycles. The molecular formula is C9H17ClN2O2. The first-order valence-corrected chi connectivity index (χ1v) is 5.33. The summed E-state index contributed by atoms with van der Waals surface area (Å²) in [5, 5.41) is 5.26. The highest BCUT2D eigenvalue weighted by Gasteiger charge is 2.00. The van der Waals surface area contributed by atoms with Gasteiger partial charge in [-0.1, -0.05) is 13.3 Å². The molecule has 4 nitrogen and oxygen atoms in total. The summed E-state index contributed by atoms with van der Waals surface area (Å²) in [4.78, 5) is 21.7. The summed E-state index contributed by atoms with van der Waals surface area (Å²) in [6.07, 6.45) is 2.47. The molecule has 0 atom stereocenters. The molecule has 2 N–H and O–H groups in total. The van der Waals surface area contributed by atoms with Crippen molar-refractivity contribution in [3.8, 4) is 0 Å². The van der Waals surface area contributed by atoms with Gasteiger partial charge in [-0.05, 0) is 6.42 Å². The first kappa shape index (κ1) is 13.2. The van der Waals surface area contributed by atoms with Gasteiger partial charge < -0.3 is 10.6 Å². The van der Waals surface area contributed by atoms with E-state index in [1.807, 2.05) is 6.92 Å². The summed E-state index contributed by atoms with van der Waals surface area (Å²) in [7, 11) is 0. The lowest BCUT2D eigenvalue weighted by molar-refractivity contribution is -0.122. The second-order valence-corrected chi connectivity index (χ2v) is 3.20. The third-order valence-corrected chi connectivity index (χ3v) is 1.89. The highest BCUT2D eigenvalue weighted by atomic mass is 35.5. The normalized spacial score (nSPS) is 9.57. The molecule has 0 radical (unpaired) electrons. The predicted molar refractivity (Wildman–Crippen MR) is 56.3 cm³/mol. The van der Waals surface area contributed by atoms with Gasteiger partial charge in [0.05, 0.1) is 0 Å². The van der Waals surface area contributed by atoms with Crippen molar-refractivity contribution in [3.63, 3.8) is 0 Å². The van der Waals surface area contributed by atoms with E-state index in [4.69, 9.17) is 11.6 Å². The maximum atomic E-state index is 11.1. The highest BCUT2D eigenvalue weighted by molar-refractivity contribution is 6.27. The Morgan fingerprint density at radius 1 is 1.14 bits per heavy atom. The molecule has 0 spiro atoms. The molecule has 0 saturated heterocycles. The number of hydrogen-bond donors (Lipinski definition) is 2. The van der Waals surface area contributed by atoms with Crippen LogP contribution in [0.4, 0.5) is 0 Å². The zero-order valence-corrected chi connectivity index (χ0v) is 9.19. The van der Waals surface area contributed by atoms with E-state index in [2.05, 4.69) is 10.6 Å². The number of carbonyl (C=O) groups excluding carboxylic acids is 2. The Morgan fingerprint density at radius 2 is 1.71 bits per heavy atom. The zero-order chi connectivity index (χ0) is 10.8. The van der Waals surface area contributed by atoms with Crippen LogP contribution in [0.1, 0.15) is 26.2 Å². The van der Waals surface area contributed by atoms with Crippen molar-refractivity contribution in [2.24, 2.45) is 0 Å². The summed E-state index contributed by atoms with van der Waals surface area (Å²) >= 11 is 5.26. The van der Waals surface area contributed by atoms with Crippen molar-refractivity contribution in [2.45, 2.75) is 26.2 Å². The number of unbranched alkanes of at least 4 members (excludes halogenated alkanes) is 1. The predicted octanol–water partition coefficient (Wildman–Crippen LogP) is 0.648. The van der Waals surface area contributed by atoms with Crippen LogP contribution in [0.2, 0.25) is 0 Å². The smallest absolute Gasteiger partial charge is 0.234 e. The Labute approximate surface area is 89.4 Å². The third kappa shape index (κ3) is 7.86. The molecule has 0 aliphatic rings. The number of alkyl halides is 1. The first-order valence-electron chi connectivity index (χ1n) is 4.80. The maximum absolute atomic E-state index is 11.1. The van der Waals surface area contributed by atoms with Gasteiger partial charge in [0.1, 0.15) is 5.88 Å². The number of carbonyl (C=O) groups is 2. The Balaban J connectivity index is 3.27. The SMILES string of the molecule is CCCCC(=O)NCCNC(=O)CCl. The second kappa shape index (κ2) is 8.81. The van der Waals surface area contributed by atoms with Crippen LogP contribution in [0, 0.1) is 0 Å². The molecule has 14 heavy (non-hydrogen) atoms. The molecule has 5 heteroatoms. The Bertz CT molecular complexity index is 186. The summed E-state index contributed by atoms with van der Waals surface area (Å²) in [6, 6.07) is 0. The Kier molecular flexibility index (Phi) is 8.33. The summed E-state index contributed by atoms with van der Waals surface area (Å²) in [5.74, 6) is -0.217. The molecule has 2 amide bonds. The lowest BCUT2D eigenvalue weighted by Crippen LogP contribution is -2.35. The summed E-state index contributed by atoms with van der Waals surface area (Å²) in [5.41, 5.74) is 0. The molecule has 82 valence electrons. The van der Waals surface area contributed by atoms with Gasteiger partial charge in [-0.25, -0.2) is 0 Å². The van der Waals surface area contributed by atoms with E-state index >= 15 is 0 Å². The minimum Gasteiger partial charge on any atom is -0.354 e. The fourth-order valence-electron chi connectivity index (χ4n) is 0.877. The second-order valence-electron chi connectivity index (χ2n) is 2.94. The molecule has 0 aromatic rings. The zero-order valence-electron chi connectivity index (χ0n) is 8.44. The molecule has 0 saturated carbocycles. The largest absolute Gasteiger partial charge is 0.354 e. The van der Waals surface area contributed by atoms with Crippen molar-refractivity contribution >= 4 is 23.4 Å². The molecule has 0 rings (SSSR count). The summed E-state index contributed by atoms with van der Waals surface area (Å²) < 4.78 is 0. The van der Waals surface area contributed by atoms with E-state index in [1.54, 1.807) is 0 Å². The summed E-state index contributed by atoms with van der Waals surface area (Å²) in [6.45, 7) is 2.93. The molecule has 0 fully saturated rings. The van der Waals surface area contributed by atoms with E-state index < -0.39 is 0 Å². The molecule has 0 aliphatic heterocycles. The molecule has 0 aromatic carbocycles. The van der Waals surface area contributed by atoms with Crippen LogP contribution in [0.3, 0.4) is 0 Å². The topological polar surface area (TPSA) is 58.2 Å². The lowest BCUT2D eigenvalue weighted by Gasteiger charge is -2.05. The van der Waals surface area contributed by atoms with Gasteiger partial charge in [0, 0.05) is 19.5 Å². The molecular weight excluding hydrogens is 204 g/mol. The van der Waals surface area contributed by atoms with Gasteiger partial charge in [-0.3, -0.25) is 9.59 Å². The van der Waals surface area contributed by atoms with Gasteiger partial charge in [0.2, 0.25) is 11.8 Å². The van der Waals surface area contributed by atoms with Gasteiger partial charge in [0.15, 0.2) is 0 Å². The standard InChI is InChI=1S/C9H17ClN2O2/c1-2-3-4-8(13)11-5-6-12-9(14)7-10/h2-7H2,1H3,(H,11,13)(H,12,14). The third-order valence-electron chi connectivity index (χ3n) is 1.65. The van der Waals surface area contributed by atoms with Gasteiger partial charge in [-0.2, -0.15) is 0 Å². The number of amides is 2. The quantitative estimate of drug-likeness (QED) is 0.489. The number of rotatable bonds is 7. The van der Waals surface area contributed by atoms with E-state index in [0.717, 1.165) is 12.8 Å². The molecule has 0 bridgehead atoms. The van der Waals surface area contributed by atoms with Crippen LogP contribution >= 0.6 is 11.6 Å². The van der Waals surface area contributed by atoms with Gasteiger partial charge >= 0.3 is 0 Å². The number of nitrogens with one attached hydrogen (secondary N) is 2. The fourth-order valence-corrected chi connectivity index (χ4v) is 0.971. The molecule has 0 aliphatic carbocycles. The monoisotopic (exact) mass is 220 g/mol. The Hall–Kier alpha value is -0.770. The molecule has 0 heterocycles. The van der Waals surface area contributed by atoms with Crippen LogP contribution < -0.4 is 10.6 Å². The van der Waals surface area contributed by atoms with Crippen LogP contribution in [0.5, 0.6) is 0 Å². The number of halogens is 1. The maximum Gasteiger partial charge on any atom is 0.234 e. The molecule has 0 unspecified atom stereocenters. The van der Waals surface area contributed by atoms with E-state index in [-0.39, 0.29) is 17.7 Å². The minimum absolute atomic E-state index is 0.0342. The average Bonchev–Trinajstić information content (AvgIpc) is 2.21. The van der Waals surface area contributed by atoms with Gasteiger partial charge in [0.25, 0.3) is 0 Å². The average molecular weight is 221 g/mol.